The highest BCUT2D eigenvalue weighted by molar-refractivity contribution is 7.21. The number of fused-ring (bicyclic) bond motifs is 2. The third-order valence-corrected chi connectivity index (χ3v) is 9.14. The van der Waals surface area contributed by atoms with Crippen LogP contribution in [0, 0.1) is 17.7 Å². The van der Waals surface area contributed by atoms with Crippen molar-refractivity contribution in [2.45, 2.75) is 33.1 Å². The fourth-order valence-electron chi connectivity index (χ4n) is 4.33. The van der Waals surface area contributed by atoms with Gasteiger partial charge in [0.15, 0.2) is 40.4 Å². The highest BCUT2D eigenvalue weighted by Gasteiger charge is 2.23. The van der Waals surface area contributed by atoms with Gasteiger partial charge in [-0.25, -0.2) is 4.39 Å². The second-order valence-corrected chi connectivity index (χ2v) is 12.3. The maximum Gasteiger partial charge on any atom is 0.306 e. The zero-order chi connectivity index (χ0) is 32.1. The number of carbonyl (C=O) groups excluding carboxylic acids is 2. The van der Waals surface area contributed by atoms with Crippen LogP contribution in [0.4, 0.5) is 4.39 Å². The molecule has 234 valence electrons. The minimum absolute atomic E-state index is 0.0776. The van der Waals surface area contributed by atoms with Crippen LogP contribution < -0.4 is 18.9 Å². The maximum atomic E-state index is 15.5. The maximum absolute atomic E-state index is 15.5. The molecule has 2 aromatic heterocycles. The summed E-state index contributed by atoms with van der Waals surface area (Å²) in [6.45, 7) is 3.20. The molecular formula is C31H31FO10S2. The first-order valence-electron chi connectivity index (χ1n) is 13.6. The van der Waals surface area contributed by atoms with E-state index in [9.17, 15) is 19.2 Å². The number of carboxylic acid groups (broad SMARTS) is 2. The molecule has 0 spiro atoms. The van der Waals surface area contributed by atoms with E-state index in [1.807, 2.05) is 0 Å². The highest BCUT2D eigenvalue weighted by atomic mass is 32.1. The van der Waals surface area contributed by atoms with Crippen LogP contribution in [0.3, 0.4) is 0 Å². The van der Waals surface area contributed by atoms with Crippen LogP contribution in [0.2, 0.25) is 0 Å². The zero-order valence-corrected chi connectivity index (χ0v) is 26.1. The fraction of sp³-hybridized carbons (Fsp3) is 0.355. The molecule has 0 radical (unpaired) electrons. The Labute approximate surface area is 259 Å². The topological polar surface area (TPSA) is 146 Å². The molecule has 2 atom stereocenters. The summed E-state index contributed by atoms with van der Waals surface area (Å²) in [5, 5.41) is 19.1. The molecule has 44 heavy (non-hydrogen) atoms. The van der Waals surface area contributed by atoms with Crippen molar-refractivity contribution < 1.29 is 52.7 Å². The molecule has 4 aromatic rings. The Morgan fingerprint density at radius 3 is 1.89 bits per heavy atom. The van der Waals surface area contributed by atoms with Crippen LogP contribution >= 0.6 is 22.7 Å². The second-order valence-electron chi connectivity index (χ2n) is 10.2. The van der Waals surface area contributed by atoms with Crippen LogP contribution in [0.5, 0.6) is 23.0 Å². The second kappa shape index (κ2) is 14.0. The van der Waals surface area contributed by atoms with Crippen molar-refractivity contribution in [1.29, 1.82) is 0 Å². The summed E-state index contributed by atoms with van der Waals surface area (Å²) in [7, 11) is 2.87. The third-order valence-electron chi connectivity index (χ3n) is 6.87. The molecule has 2 aromatic carbocycles. The van der Waals surface area contributed by atoms with Gasteiger partial charge < -0.3 is 29.2 Å². The van der Waals surface area contributed by atoms with Crippen LogP contribution in [0.15, 0.2) is 30.3 Å². The van der Waals surface area contributed by atoms with Gasteiger partial charge in [-0.2, -0.15) is 0 Å². The summed E-state index contributed by atoms with van der Waals surface area (Å²) >= 11 is 2.31. The number of ketones is 2. The SMILES string of the molecule is COc1cc2sc(C(=O)CC(C)C(=O)O)cc2cc1OCCCOc1c(OC)cc2sc(C(=O)CC(C)C(=O)O)cc2c1F. The smallest absolute Gasteiger partial charge is 0.306 e. The molecule has 10 nitrogen and oxygen atoms in total. The van der Waals surface area contributed by atoms with Crippen molar-refractivity contribution in [1.82, 2.24) is 0 Å². The number of carboxylic acids is 2. The number of ether oxygens (including phenoxy) is 4. The summed E-state index contributed by atoms with van der Waals surface area (Å²) in [6, 6.07) is 8.18. The van der Waals surface area contributed by atoms with Crippen LogP contribution in [-0.2, 0) is 9.59 Å². The van der Waals surface area contributed by atoms with Crippen molar-refractivity contribution in [3.8, 4) is 23.0 Å². The lowest BCUT2D eigenvalue weighted by atomic mass is 10.0. The van der Waals surface area contributed by atoms with E-state index in [2.05, 4.69) is 0 Å². The fourth-order valence-corrected chi connectivity index (χ4v) is 6.38. The standard InChI is InChI=1S/C31H31FO10S2/c1-15(30(35)36)8-19(33)26-11-17-10-22(21(39-3)13-24(17)43-26)41-6-5-7-42-29-23(40-4)14-25-18(28(29)32)12-27(44-25)20(34)9-16(2)31(37)38/h10-16H,5-9H2,1-4H3,(H,35,36)(H,37,38). The van der Waals surface area contributed by atoms with Crippen LogP contribution in [0.25, 0.3) is 20.2 Å². The van der Waals surface area contributed by atoms with Gasteiger partial charge in [0.25, 0.3) is 0 Å². The van der Waals surface area contributed by atoms with Gasteiger partial charge >= 0.3 is 11.9 Å². The number of aliphatic carboxylic acids is 2. The molecule has 0 bridgehead atoms. The molecule has 4 rings (SSSR count). The molecule has 0 saturated heterocycles. The van der Waals surface area contributed by atoms with Crippen molar-refractivity contribution >= 4 is 66.4 Å². The van der Waals surface area contributed by atoms with E-state index in [0.29, 0.717) is 27.5 Å². The molecule has 0 fully saturated rings. The summed E-state index contributed by atoms with van der Waals surface area (Å²) < 4.78 is 39.1. The van der Waals surface area contributed by atoms with E-state index in [1.165, 1.54) is 45.5 Å². The number of hydrogen-bond donors (Lipinski definition) is 2. The van der Waals surface area contributed by atoms with E-state index in [0.717, 1.165) is 21.4 Å². The van der Waals surface area contributed by atoms with Gasteiger partial charge in [-0.05, 0) is 23.6 Å². The predicted molar refractivity (Wildman–Crippen MR) is 164 cm³/mol. The van der Waals surface area contributed by atoms with Crippen molar-refractivity contribution in [3.63, 3.8) is 0 Å². The lowest BCUT2D eigenvalue weighted by Gasteiger charge is -2.13. The molecule has 2 N–H and O–H groups in total. The van der Waals surface area contributed by atoms with Crippen molar-refractivity contribution in [3.05, 3.63) is 45.9 Å². The first-order valence-corrected chi connectivity index (χ1v) is 15.3. The van der Waals surface area contributed by atoms with E-state index in [1.54, 1.807) is 24.3 Å². The summed E-state index contributed by atoms with van der Waals surface area (Å²) in [6.07, 6.45) is 0.0706. The first-order chi connectivity index (χ1) is 20.9. The first kappa shape index (κ1) is 32.7. The Hall–Kier alpha value is -4.23. The minimum atomic E-state index is -1.08. The minimum Gasteiger partial charge on any atom is -0.493 e. The average Bonchev–Trinajstić information content (AvgIpc) is 3.61. The van der Waals surface area contributed by atoms with Gasteiger partial charge in [0, 0.05) is 46.2 Å². The van der Waals surface area contributed by atoms with Crippen molar-refractivity contribution in [2.75, 3.05) is 27.4 Å². The van der Waals surface area contributed by atoms with Gasteiger partial charge in [0.05, 0.1) is 49.0 Å². The number of Topliss-reactive ketones (excluding diaryl/α,β-unsaturated/α-hetero) is 2. The van der Waals surface area contributed by atoms with Crippen molar-refractivity contribution in [2.24, 2.45) is 11.8 Å². The van der Waals surface area contributed by atoms with Gasteiger partial charge in [0.1, 0.15) is 0 Å². The van der Waals surface area contributed by atoms with Gasteiger partial charge in [-0.1, -0.05) is 13.8 Å². The number of halogens is 1. The average molecular weight is 647 g/mol. The summed E-state index contributed by atoms with van der Waals surface area (Å²) in [4.78, 5) is 48.1. The number of hydrogen-bond acceptors (Lipinski definition) is 10. The molecule has 0 amide bonds. The number of benzene rings is 2. The van der Waals surface area contributed by atoms with Gasteiger partial charge in [-0.3, -0.25) is 19.2 Å². The van der Waals surface area contributed by atoms with Crippen LogP contribution in [-0.4, -0.2) is 61.2 Å². The van der Waals surface area contributed by atoms with Gasteiger partial charge in [0.2, 0.25) is 0 Å². The Balaban J connectivity index is 1.41. The van der Waals surface area contributed by atoms with E-state index in [4.69, 9.17) is 29.2 Å². The van der Waals surface area contributed by atoms with E-state index >= 15 is 4.39 Å². The lowest BCUT2D eigenvalue weighted by Crippen LogP contribution is -2.13. The predicted octanol–water partition coefficient (Wildman–Crippen LogP) is 6.71. The number of thiophene rings is 2. The molecule has 2 heterocycles. The lowest BCUT2D eigenvalue weighted by molar-refractivity contribution is -0.141. The van der Waals surface area contributed by atoms with E-state index < -0.39 is 29.6 Å². The Kier molecular flexibility index (Phi) is 10.4. The monoisotopic (exact) mass is 646 g/mol. The Morgan fingerprint density at radius 1 is 0.750 bits per heavy atom. The molecule has 0 saturated carbocycles. The largest absolute Gasteiger partial charge is 0.493 e. The Bertz CT molecular complexity index is 1720. The van der Waals surface area contributed by atoms with E-state index in [-0.39, 0.29) is 59.4 Å². The molecule has 0 aliphatic carbocycles. The molecule has 0 aliphatic heterocycles. The number of carbonyl (C=O) groups is 4. The number of rotatable bonds is 16. The quantitative estimate of drug-likeness (QED) is 0.0995. The number of methoxy groups -OCH3 is 2. The summed E-state index contributed by atoms with van der Waals surface area (Å²) in [5.74, 6) is -4.14. The van der Waals surface area contributed by atoms with Gasteiger partial charge in [-0.15, -0.1) is 22.7 Å². The molecular weight excluding hydrogens is 615 g/mol. The third kappa shape index (κ3) is 7.28. The summed E-state index contributed by atoms with van der Waals surface area (Å²) in [5.41, 5.74) is 0. The highest BCUT2D eigenvalue weighted by Crippen LogP contribution is 2.41. The molecule has 13 heteroatoms. The van der Waals surface area contributed by atoms with Crippen LogP contribution in [0.1, 0.15) is 52.5 Å². The normalized spacial score (nSPS) is 12.6. The molecule has 0 aliphatic rings. The molecule has 2 unspecified atom stereocenters. The zero-order valence-electron chi connectivity index (χ0n) is 24.4. The Morgan fingerprint density at radius 2 is 1.30 bits per heavy atom.